The molecule has 2 aliphatic rings. The van der Waals surface area contributed by atoms with Gasteiger partial charge in [-0.25, -0.2) is 9.97 Å². The fourth-order valence-corrected chi connectivity index (χ4v) is 13.9. The van der Waals surface area contributed by atoms with Crippen LogP contribution in [0.5, 0.6) is 0 Å². The molecule has 31 heavy (non-hydrogen) atoms. The van der Waals surface area contributed by atoms with Crippen LogP contribution in [-0.4, -0.2) is 18.0 Å². The normalized spacial score (nSPS) is 18.2. The molecule has 0 aliphatic carbocycles. The van der Waals surface area contributed by atoms with Crippen molar-refractivity contribution in [2.45, 2.75) is 70.0 Å². The number of nitrogens with zero attached hydrogens (tertiary/aromatic N) is 2. The maximum Gasteiger partial charge on any atom is 0.116 e. The Morgan fingerprint density at radius 3 is 2.52 bits per heavy atom. The zero-order chi connectivity index (χ0) is 21.2. The molecule has 4 aromatic rings. The maximum atomic E-state index is 4.93. The van der Waals surface area contributed by atoms with Gasteiger partial charge in [0, 0.05) is 10.4 Å². The zero-order valence-corrected chi connectivity index (χ0v) is 20.6. The molecule has 1 saturated heterocycles. The zero-order valence-electron chi connectivity index (χ0n) is 18.8. The minimum atomic E-state index is -1.34. The summed E-state index contributed by atoms with van der Waals surface area (Å²) in [5, 5.41) is 4.39. The number of hydrogen-bond acceptors (Lipinski definition) is 3. The van der Waals surface area contributed by atoms with E-state index in [0.717, 1.165) is 5.69 Å². The summed E-state index contributed by atoms with van der Waals surface area (Å²) in [6.45, 7) is 6.94. The van der Waals surface area contributed by atoms with Crippen LogP contribution in [0.15, 0.2) is 42.7 Å². The lowest BCUT2D eigenvalue weighted by atomic mass is 9.82. The average Bonchev–Trinajstić information content (AvgIpc) is 3.37. The van der Waals surface area contributed by atoms with E-state index in [1.807, 2.05) is 17.7 Å². The van der Waals surface area contributed by atoms with Gasteiger partial charge in [-0.1, -0.05) is 82.4 Å². The Morgan fingerprint density at radius 1 is 0.935 bits per heavy atom. The van der Waals surface area contributed by atoms with E-state index in [9.17, 15) is 0 Å². The number of fused-ring (bicyclic) bond motifs is 5. The van der Waals surface area contributed by atoms with E-state index >= 15 is 0 Å². The van der Waals surface area contributed by atoms with E-state index in [4.69, 9.17) is 9.97 Å². The number of hydrogen-bond donors (Lipinski definition) is 0. The molecule has 0 bridgehead atoms. The van der Waals surface area contributed by atoms with Gasteiger partial charge in [-0.15, -0.1) is 11.3 Å². The third-order valence-electron chi connectivity index (χ3n) is 7.64. The van der Waals surface area contributed by atoms with Gasteiger partial charge in [0.2, 0.25) is 0 Å². The van der Waals surface area contributed by atoms with Crippen LogP contribution in [0.3, 0.4) is 0 Å². The predicted octanol–water partition coefficient (Wildman–Crippen LogP) is 7.20. The third-order valence-corrected chi connectivity index (χ3v) is 14.6. The molecule has 0 saturated carbocycles. The Hall–Kier alpha value is -2.04. The Bertz CT molecular complexity index is 1310. The van der Waals surface area contributed by atoms with Crippen LogP contribution in [0, 0.1) is 0 Å². The lowest BCUT2D eigenvalue weighted by Gasteiger charge is -2.31. The fourth-order valence-electron chi connectivity index (χ4n) is 6.22. The number of thiophene rings is 1. The van der Waals surface area contributed by atoms with Crippen molar-refractivity contribution in [3.05, 3.63) is 53.2 Å². The molecule has 0 amide bonds. The molecule has 158 valence electrons. The SMILES string of the molecule is CC(C)(C)c1cc(-c2ncnc3c4c(sc23)CCC[Si]42CCCC2)cc2ccccc12. The minimum Gasteiger partial charge on any atom is -0.236 e. The Kier molecular flexibility index (Phi) is 4.42. The first-order valence-corrected chi connectivity index (χ1v) is 15.2. The van der Waals surface area contributed by atoms with Gasteiger partial charge < -0.3 is 0 Å². The van der Waals surface area contributed by atoms with E-state index in [1.54, 1.807) is 10.1 Å². The summed E-state index contributed by atoms with van der Waals surface area (Å²) in [5.74, 6) is 0. The molecule has 2 aliphatic heterocycles. The Labute approximate surface area is 189 Å². The van der Waals surface area contributed by atoms with Gasteiger partial charge in [-0.05, 0) is 45.5 Å². The number of aryl methyl sites for hydroxylation is 1. The second kappa shape index (κ2) is 6.98. The monoisotopic (exact) mass is 442 g/mol. The molecule has 4 heteroatoms. The Morgan fingerprint density at radius 2 is 1.71 bits per heavy atom. The van der Waals surface area contributed by atoms with Gasteiger partial charge in [-0.2, -0.15) is 0 Å². The first kappa shape index (κ1) is 19.6. The molecule has 2 nitrogen and oxygen atoms in total. The highest BCUT2D eigenvalue weighted by Gasteiger charge is 2.44. The van der Waals surface area contributed by atoms with Crippen molar-refractivity contribution in [3.8, 4) is 11.3 Å². The molecular formula is C27H30N2SSi. The number of aromatic nitrogens is 2. The summed E-state index contributed by atoms with van der Waals surface area (Å²) >= 11 is 2.01. The van der Waals surface area contributed by atoms with Crippen molar-refractivity contribution in [2.24, 2.45) is 0 Å². The second-order valence-electron chi connectivity index (χ2n) is 10.6. The Balaban J connectivity index is 1.62. The van der Waals surface area contributed by atoms with Crippen molar-refractivity contribution < 1.29 is 0 Å². The first-order valence-electron chi connectivity index (χ1n) is 11.8. The number of benzene rings is 2. The quantitative estimate of drug-likeness (QED) is 0.291. The third kappa shape index (κ3) is 3.02. The summed E-state index contributed by atoms with van der Waals surface area (Å²) in [6.07, 6.45) is 7.33. The highest BCUT2D eigenvalue weighted by molar-refractivity contribution is 7.22. The summed E-state index contributed by atoms with van der Waals surface area (Å²) in [6, 6.07) is 18.0. The highest BCUT2D eigenvalue weighted by Crippen LogP contribution is 2.44. The van der Waals surface area contributed by atoms with Crippen LogP contribution < -0.4 is 5.19 Å². The summed E-state index contributed by atoms with van der Waals surface area (Å²) in [5.41, 5.74) is 5.18. The van der Waals surface area contributed by atoms with Crippen LogP contribution in [-0.2, 0) is 11.8 Å². The van der Waals surface area contributed by atoms with Gasteiger partial charge in [0.05, 0.1) is 24.0 Å². The van der Waals surface area contributed by atoms with E-state index in [0.29, 0.717) is 0 Å². The largest absolute Gasteiger partial charge is 0.236 e. The van der Waals surface area contributed by atoms with Crippen molar-refractivity contribution >= 4 is 45.6 Å². The van der Waals surface area contributed by atoms with Crippen molar-refractivity contribution in [3.63, 3.8) is 0 Å². The summed E-state index contributed by atoms with van der Waals surface area (Å²) in [4.78, 5) is 11.5. The second-order valence-corrected chi connectivity index (χ2v) is 16.3. The maximum absolute atomic E-state index is 4.93. The van der Waals surface area contributed by atoms with Gasteiger partial charge in [0.15, 0.2) is 0 Å². The molecule has 6 rings (SSSR count). The van der Waals surface area contributed by atoms with E-state index in [-0.39, 0.29) is 5.41 Å². The molecule has 1 spiro atoms. The molecular weight excluding hydrogens is 412 g/mol. The van der Waals surface area contributed by atoms with Crippen LogP contribution >= 0.6 is 11.3 Å². The van der Waals surface area contributed by atoms with Crippen LogP contribution in [0.25, 0.3) is 32.2 Å². The lowest BCUT2D eigenvalue weighted by molar-refractivity contribution is 0.596. The first-order chi connectivity index (χ1) is 15.0. The van der Waals surface area contributed by atoms with Crippen molar-refractivity contribution in [1.82, 2.24) is 9.97 Å². The van der Waals surface area contributed by atoms with Gasteiger partial charge >= 0.3 is 0 Å². The van der Waals surface area contributed by atoms with E-state index < -0.39 is 8.07 Å². The minimum absolute atomic E-state index is 0.0806. The summed E-state index contributed by atoms with van der Waals surface area (Å²) in [7, 11) is -1.34. The van der Waals surface area contributed by atoms with E-state index in [2.05, 4.69) is 57.2 Å². The lowest BCUT2D eigenvalue weighted by Crippen LogP contribution is -2.48. The van der Waals surface area contributed by atoms with Gasteiger partial charge in [0.25, 0.3) is 0 Å². The fraction of sp³-hybridized carbons (Fsp3) is 0.407. The molecule has 1 fully saturated rings. The topological polar surface area (TPSA) is 25.8 Å². The molecule has 4 heterocycles. The van der Waals surface area contributed by atoms with Crippen LogP contribution in [0.4, 0.5) is 0 Å². The standard InChI is InChI=1S/C27H30N2SSi/c1-27(2,3)21-16-19(15-18-9-4-5-10-20(18)21)23-25-24(29-17-28-23)26-22(30-25)11-8-14-31(26)12-6-7-13-31/h4-5,9-10,15-17H,6-8,11-14H2,1-3H3. The molecule has 2 aromatic heterocycles. The molecule has 0 unspecified atom stereocenters. The van der Waals surface area contributed by atoms with Gasteiger partial charge in [-0.3, -0.25) is 0 Å². The van der Waals surface area contributed by atoms with Crippen molar-refractivity contribution in [2.75, 3.05) is 0 Å². The van der Waals surface area contributed by atoms with E-state index in [1.165, 1.54) is 75.9 Å². The van der Waals surface area contributed by atoms with Crippen LogP contribution in [0.2, 0.25) is 18.1 Å². The number of rotatable bonds is 1. The average molecular weight is 443 g/mol. The van der Waals surface area contributed by atoms with Crippen molar-refractivity contribution in [1.29, 1.82) is 0 Å². The molecule has 0 atom stereocenters. The summed E-state index contributed by atoms with van der Waals surface area (Å²) < 4.78 is 1.34. The van der Waals surface area contributed by atoms with Gasteiger partial charge in [0.1, 0.15) is 6.33 Å². The smallest absolute Gasteiger partial charge is 0.116 e. The molecule has 0 radical (unpaired) electrons. The predicted molar refractivity (Wildman–Crippen MR) is 136 cm³/mol. The van der Waals surface area contributed by atoms with Crippen LogP contribution in [0.1, 0.15) is 50.5 Å². The molecule has 2 aromatic carbocycles. The highest BCUT2D eigenvalue weighted by atomic mass is 32.1. The molecule has 0 N–H and O–H groups in total.